The van der Waals surface area contributed by atoms with E-state index in [-0.39, 0.29) is 11.7 Å². The lowest BCUT2D eigenvalue weighted by molar-refractivity contribution is -0.124. The summed E-state index contributed by atoms with van der Waals surface area (Å²) in [7, 11) is 0. The second-order valence-electron chi connectivity index (χ2n) is 6.29. The van der Waals surface area contributed by atoms with Gasteiger partial charge >= 0.3 is 0 Å². The van der Waals surface area contributed by atoms with Crippen LogP contribution in [0.15, 0.2) is 78.4 Å². The number of benzene rings is 2. The summed E-state index contributed by atoms with van der Waals surface area (Å²) in [4.78, 5) is 23.5. The molecule has 0 saturated heterocycles. The third kappa shape index (κ3) is 6.56. The molecule has 1 amide bonds. The van der Waals surface area contributed by atoms with E-state index in [1.165, 1.54) is 17.1 Å². The van der Waals surface area contributed by atoms with Crippen LogP contribution in [-0.4, -0.2) is 16.9 Å². The molecule has 0 bridgehead atoms. The molecule has 0 spiro atoms. The van der Waals surface area contributed by atoms with Crippen molar-refractivity contribution in [2.24, 2.45) is 5.92 Å². The Morgan fingerprint density at radius 1 is 1.04 bits per heavy atom. The second kappa shape index (κ2) is 10.1. The highest BCUT2D eigenvalue weighted by Gasteiger charge is 2.13. The van der Waals surface area contributed by atoms with E-state index < -0.39 is 5.91 Å². The topological polar surface area (TPSA) is 78.4 Å². The minimum atomic E-state index is -0.611. The largest absolute Gasteiger partial charge is 0.381 e. The van der Waals surface area contributed by atoms with Gasteiger partial charge in [0.05, 0.1) is 0 Å². The monoisotopic (exact) mass is 364 g/mol. The number of hydroxylamine groups is 1. The van der Waals surface area contributed by atoms with Crippen LogP contribution in [0.5, 0.6) is 0 Å². The highest BCUT2D eigenvalue weighted by Crippen LogP contribution is 2.16. The van der Waals surface area contributed by atoms with Gasteiger partial charge in [-0.15, -0.1) is 0 Å². The fourth-order valence-electron chi connectivity index (χ4n) is 2.59. The molecule has 0 heterocycles. The first-order chi connectivity index (χ1) is 13.0. The number of nitrogens with one attached hydrogen (secondary N) is 2. The summed E-state index contributed by atoms with van der Waals surface area (Å²) >= 11 is 0. The molecule has 5 nitrogen and oxygen atoms in total. The molecule has 140 valence electrons. The Kier molecular flexibility index (Phi) is 7.52. The number of hydrogen-bond donors (Lipinski definition) is 3. The molecule has 0 aromatic heterocycles. The minimum Gasteiger partial charge on any atom is -0.381 e. The van der Waals surface area contributed by atoms with Crippen LogP contribution in [0.3, 0.4) is 0 Å². The Morgan fingerprint density at radius 3 is 2.33 bits per heavy atom. The molecule has 27 heavy (non-hydrogen) atoms. The van der Waals surface area contributed by atoms with Gasteiger partial charge in [-0.25, -0.2) is 5.48 Å². The molecule has 1 atom stereocenters. The molecular weight excluding hydrogens is 340 g/mol. The number of anilines is 1. The van der Waals surface area contributed by atoms with Gasteiger partial charge in [0.25, 0.3) is 5.91 Å². The molecule has 0 aliphatic carbocycles. The van der Waals surface area contributed by atoms with Gasteiger partial charge in [0.1, 0.15) is 0 Å². The normalized spacial score (nSPS) is 12.6. The van der Waals surface area contributed by atoms with Gasteiger partial charge in [0, 0.05) is 29.8 Å². The zero-order chi connectivity index (χ0) is 19.6. The molecule has 0 aliphatic rings. The van der Waals surface area contributed by atoms with E-state index in [1.807, 2.05) is 49.4 Å². The Balaban J connectivity index is 1.95. The summed E-state index contributed by atoms with van der Waals surface area (Å²) in [6, 6.07) is 17.5. The van der Waals surface area contributed by atoms with Crippen LogP contribution in [0.4, 0.5) is 5.69 Å². The molecule has 0 saturated carbocycles. The first-order valence-electron chi connectivity index (χ1n) is 8.72. The average Bonchev–Trinajstić information content (AvgIpc) is 2.71. The van der Waals surface area contributed by atoms with Crippen molar-refractivity contribution in [2.75, 3.05) is 5.32 Å². The van der Waals surface area contributed by atoms with Gasteiger partial charge in [0.15, 0.2) is 5.78 Å². The van der Waals surface area contributed by atoms with Gasteiger partial charge in [-0.2, -0.15) is 0 Å². The number of Topliss-reactive ketones (excluding diaryl/α,β-unsaturated/α-hetero) is 1. The molecule has 2 aromatic carbocycles. The summed E-state index contributed by atoms with van der Waals surface area (Å²) in [6.45, 7) is 4.33. The highest BCUT2D eigenvalue weighted by atomic mass is 16.5. The van der Waals surface area contributed by atoms with Crippen LogP contribution in [-0.2, 0) is 11.3 Å². The second-order valence-corrected chi connectivity index (χ2v) is 6.29. The number of carbonyl (C=O) groups excluding carboxylic acids is 2. The van der Waals surface area contributed by atoms with Gasteiger partial charge in [-0.05, 0) is 36.8 Å². The van der Waals surface area contributed by atoms with Crippen molar-refractivity contribution in [1.29, 1.82) is 0 Å². The lowest BCUT2D eigenvalue weighted by Crippen LogP contribution is -2.15. The third-order valence-electron chi connectivity index (χ3n) is 4.04. The van der Waals surface area contributed by atoms with Crippen LogP contribution in [0.1, 0.15) is 29.8 Å². The van der Waals surface area contributed by atoms with E-state index in [9.17, 15) is 9.59 Å². The van der Waals surface area contributed by atoms with Gasteiger partial charge < -0.3 is 5.32 Å². The maximum absolute atomic E-state index is 12.6. The van der Waals surface area contributed by atoms with Crippen molar-refractivity contribution in [3.8, 4) is 0 Å². The van der Waals surface area contributed by atoms with Crippen molar-refractivity contribution in [1.82, 2.24) is 5.48 Å². The Labute approximate surface area is 159 Å². The minimum absolute atomic E-state index is 0.00368. The fraction of sp³-hybridized carbons (Fsp3) is 0.182. The molecule has 0 radical (unpaired) electrons. The maximum Gasteiger partial charge on any atom is 0.267 e. The Morgan fingerprint density at radius 2 is 1.70 bits per heavy atom. The van der Waals surface area contributed by atoms with Crippen molar-refractivity contribution in [2.45, 2.75) is 20.4 Å². The molecule has 1 unspecified atom stereocenters. The molecule has 3 N–H and O–H groups in total. The van der Waals surface area contributed by atoms with Crippen LogP contribution in [0.25, 0.3) is 0 Å². The number of rotatable bonds is 8. The first-order valence-corrected chi connectivity index (χ1v) is 8.72. The number of ketones is 1. The van der Waals surface area contributed by atoms with Crippen LogP contribution < -0.4 is 10.8 Å². The fourth-order valence-corrected chi connectivity index (χ4v) is 2.59. The summed E-state index contributed by atoms with van der Waals surface area (Å²) in [5, 5.41) is 11.8. The quantitative estimate of drug-likeness (QED) is 0.216. The number of amides is 1. The SMILES string of the molecule is CC(C=CC(=O)NO)=CC(C)C(=O)c1ccc(NCc2ccccc2)cc1. The van der Waals surface area contributed by atoms with Gasteiger partial charge in [-0.1, -0.05) is 55.0 Å². The number of carbonyl (C=O) groups is 2. The van der Waals surface area contributed by atoms with E-state index in [4.69, 9.17) is 5.21 Å². The van der Waals surface area contributed by atoms with Crippen molar-refractivity contribution in [3.63, 3.8) is 0 Å². The van der Waals surface area contributed by atoms with E-state index in [0.717, 1.165) is 17.8 Å². The first kappa shape index (κ1) is 20.1. The molecular formula is C22H24N2O3. The standard InChI is InChI=1S/C22H24N2O3/c1-16(8-13-21(25)24-27)14-17(2)22(26)19-9-11-20(12-10-19)23-15-18-6-4-3-5-7-18/h3-14,17,23,27H,15H2,1-2H3,(H,24,25). The van der Waals surface area contributed by atoms with Crippen LogP contribution in [0, 0.1) is 5.92 Å². The molecule has 2 aromatic rings. The Bertz CT molecular complexity index is 824. The van der Waals surface area contributed by atoms with E-state index >= 15 is 0 Å². The number of hydrogen-bond acceptors (Lipinski definition) is 4. The summed E-state index contributed by atoms with van der Waals surface area (Å²) < 4.78 is 0. The van der Waals surface area contributed by atoms with Crippen LogP contribution >= 0.6 is 0 Å². The van der Waals surface area contributed by atoms with Crippen molar-refractivity contribution in [3.05, 3.63) is 89.5 Å². The van der Waals surface area contributed by atoms with Crippen molar-refractivity contribution >= 4 is 17.4 Å². The predicted molar refractivity (Wildman–Crippen MR) is 107 cm³/mol. The summed E-state index contributed by atoms with van der Waals surface area (Å²) in [5.74, 6) is -0.931. The van der Waals surface area contributed by atoms with Crippen LogP contribution in [0.2, 0.25) is 0 Å². The third-order valence-corrected chi connectivity index (χ3v) is 4.04. The van der Waals surface area contributed by atoms with E-state index in [0.29, 0.717) is 5.56 Å². The van der Waals surface area contributed by atoms with Gasteiger partial charge in [-0.3, -0.25) is 14.8 Å². The summed E-state index contributed by atoms with van der Waals surface area (Å²) in [6.07, 6.45) is 4.53. The predicted octanol–water partition coefficient (Wildman–Crippen LogP) is 4.13. The number of allylic oxidation sites excluding steroid dienone is 3. The smallest absolute Gasteiger partial charge is 0.267 e. The molecule has 2 rings (SSSR count). The summed E-state index contributed by atoms with van der Waals surface area (Å²) in [5.41, 5.74) is 5.06. The van der Waals surface area contributed by atoms with Gasteiger partial charge in [0.2, 0.25) is 0 Å². The zero-order valence-electron chi connectivity index (χ0n) is 15.5. The zero-order valence-corrected chi connectivity index (χ0v) is 15.5. The molecule has 0 fully saturated rings. The molecule has 0 aliphatic heterocycles. The maximum atomic E-state index is 12.6. The lowest BCUT2D eigenvalue weighted by Gasteiger charge is -2.09. The Hall–Kier alpha value is -3.18. The highest BCUT2D eigenvalue weighted by molar-refractivity contribution is 5.99. The van der Waals surface area contributed by atoms with E-state index in [1.54, 1.807) is 19.1 Å². The van der Waals surface area contributed by atoms with E-state index in [2.05, 4.69) is 17.4 Å². The lowest BCUT2D eigenvalue weighted by atomic mass is 9.97. The average molecular weight is 364 g/mol. The van der Waals surface area contributed by atoms with Crippen molar-refractivity contribution < 1.29 is 14.8 Å². The molecule has 5 heteroatoms.